The van der Waals surface area contributed by atoms with Crippen molar-refractivity contribution < 1.29 is 0 Å². The van der Waals surface area contributed by atoms with Gasteiger partial charge in [0.1, 0.15) is 5.84 Å². The molecule has 3 N–H and O–H groups in total. The molecule has 98 valence electrons. The summed E-state index contributed by atoms with van der Waals surface area (Å²) >= 11 is 3.49. The number of amidine groups is 1. The summed E-state index contributed by atoms with van der Waals surface area (Å²) in [7, 11) is 2.01. The molecule has 5 heteroatoms. The van der Waals surface area contributed by atoms with Crippen LogP contribution in [0, 0.1) is 5.41 Å². The third-order valence-electron chi connectivity index (χ3n) is 2.82. The van der Waals surface area contributed by atoms with Crippen LogP contribution in [0.4, 0.5) is 5.69 Å². The minimum Gasteiger partial charge on any atom is -0.384 e. The fourth-order valence-corrected chi connectivity index (χ4v) is 2.43. The van der Waals surface area contributed by atoms with Crippen LogP contribution in [0.2, 0.25) is 0 Å². The first-order valence-corrected chi connectivity index (χ1v) is 6.61. The van der Waals surface area contributed by atoms with E-state index >= 15 is 0 Å². The van der Waals surface area contributed by atoms with Crippen molar-refractivity contribution >= 4 is 27.5 Å². The summed E-state index contributed by atoms with van der Waals surface area (Å²) < 4.78 is 0.959. The van der Waals surface area contributed by atoms with Gasteiger partial charge >= 0.3 is 0 Å². The maximum Gasteiger partial charge on any atom is 0.122 e. The van der Waals surface area contributed by atoms with Crippen molar-refractivity contribution in [1.29, 1.82) is 5.41 Å². The summed E-state index contributed by atoms with van der Waals surface area (Å²) in [6.07, 6.45) is 3.54. The van der Waals surface area contributed by atoms with E-state index in [1.165, 1.54) is 0 Å². The van der Waals surface area contributed by atoms with Crippen LogP contribution in [-0.2, 0) is 6.54 Å². The lowest BCUT2D eigenvalue weighted by Crippen LogP contribution is -2.18. The number of aromatic nitrogens is 1. The second-order valence-electron chi connectivity index (χ2n) is 4.30. The number of nitrogens with one attached hydrogen (secondary N) is 1. The zero-order valence-corrected chi connectivity index (χ0v) is 12.2. The molecular weight excluding hydrogens is 304 g/mol. The number of rotatable bonds is 4. The van der Waals surface area contributed by atoms with Crippen LogP contribution in [0.1, 0.15) is 11.1 Å². The van der Waals surface area contributed by atoms with E-state index in [9.17, 15) is 0 Å². The van der Waals surface area contributed by atoms with Crippen LogP contribution in [-0.4, -0.2) is 17.9 Å². The SMILES string of the molecule is CN(Cc1cccc(C(=N)N)c1)c1ccncc1Br. The summed E-state index contributed by atoms with van der Waals surface area (Å²) in [6, 6.07) is 9.68. The molecule has 19 heavy (non-hydrogen) atoms. The molecule has 0 atom stereocenters. The average molecular weight is 319 g/mol. The van der Waals surface area contributed by atoms with Gasteiger partial charge in [0, 0.05) is 31.5 Å². The van der Waals surface area contributed by atoms with Crippen LogP contribution < -0.4 is 10.6 Å². The van der Waals surface area contributed by atoms with E-state index in [0.29, 0.717) is 0 Å². The van der Waals surface area contributed by atoms with Gasteiger partial charge in [-0.1, -0.05) is 18.2 Å². The third kappa shape index (κ3) is 3.32. The molecule has 0 fully saturated rings. The molecule has 0 aliphatic rings. The van der Waals surface area contributed by atoms with Crippen molar-refractivity contribution in [2.75, 3.05) is 11.9 Å². The summed E-state index contributed by atoms with van der Waals surface area (Å²) in [5.74, 6) is 0.0922. The quantitative estimate of drug-likeness (QED) is 0.673. The molecule has 0 aliphatic heterocycles. The van der Waals surface area contributed by atoms with Crippen LogP contribution in [0.15, 0.2) is 47.2 Å². The topological polar surface area (TPSA) is 66.0 Å². The Morgan fingerprint density at radius 2 is 2.21 bits per heavy atom. The maximum absolute atomic E-state index is 7.46. The highest BCUT2D eigenvalue weighted by molar-refractivity contribution is 9.10. The first-order chi connectivity index (χ1) is 9.08. The Kier molecular flexibility index (Phi) is 4.16. The van der Waals surface area contributed by atoms with Gasteiger partial charge in [0.2, 0.25) is 0 Å². The van der Waals surface area contributed by atoms with Crippen LogP contribution in [0.25, 0.3) is 0 Å². The number of pyridine rings is 1. The molecule has 2 rings (SSSR count). The first kappa shape index (κ1) is 13.5. The maximum atomic E-state index is 7.46. The van der Waals surface area contributed by atoms with Crippen molar-refractivity contribution in [2.45, 2.75) is 6.54 Å². The van der Waals surface area contributed by atoms with Crippen molar-refractivity contribution in [3.63, 3.8) is 0 Å². The Bertz CT molecular complexity index is 598. The summed E-state index contributed by atoms with van der Waals surface area (Å²) in [6.45, 7) is 0.740. The monoisotopic (exact) mass is 318 g/mol. The molecule has 0 amide bonds. The Balaban J connectivity index is 2.19. The molecule has 1 aromatic heterocycles. The van der Waals surface area contributed by atoms with Crippen LogP contribution in [0.3, 0.4) is 0 Å². The predicted octanol–water partition coefficient (Wildman–Crippen LogP) is 2.76. The zero-order valence-electron chi connectivity index (χ0n) is 10.6. The molecule has 1 heterocycles. The second kappa shape index (κ2) is 5.84. The van der Waals surface area contributed by atoms with E-state index in [1.807, 2.05) is 37.4 Å². The van der Waals surface area contributed by atoms with Gasteiger partial charge in [-0.05, 0) is 33.6 Å². The Labute approximate surface area is 120 Å². The van der Waals surface area contributed by atoms with Crippen molar-refractivity contribution in [3.05, 3.63) is 58.3 Å². The number of benzene rings is 1. The van der Waals surface area contributed by atoms with Gasteiger partial charge in [-0.3, -0.25) is 10.4 Å². The van der Waals surface area contributed by atoms with Crippen molar-refractivity contribution in [1.82, 2.24) is 4.98 Å². The van der Waals surface area contributed by atoms with E-state index in [-0.39, 0.29) is 5.84 Å². The smallest absolute Gasteiger partial charge is 0.122 e. The molecule has 0 spiro atoms. The lowest BCUT2D eigenvalue weighted by atomic mass is 10.1. The number of nitrogens with two attached hydrogens (primary N) is 1. The molecule has 0 saturated carbocycles. The largest absolute Gasteiger partial charge is 0.384 e. The number of hydrogen-bond acceptors (Lipinski definition) is 3. The fraction of sp³-hybridized carbons (Fsp3) is 0.143. The number of halogens is 1. The highest BCUT2D eigenvalue weighted by atomic mass is 79.9. The second-order valence-corrected chi connectivity index (χ2v) is 5.15. The molecule has 0 unspecified atom stereocenters. The van der Waals surface area contributed by atoms with E-state index in [4.69, 9.17) is 11.1 Å². The molecular formula is C14H15BrN4. The molecule has 0 radical (unpaired) electrons. The molecule has 0 aliphatic carbocycles. The highest BCUT2D eigenvalue weighted by Crippen LogP contribution is 2.24. The summed E-state index contributed by atoms with van der Waals surface area (Å²) in [4.78, 5) is 6.17. The van der Waals surface area contributed by atoms with Crippen molar-refractivity contribution in [2.24, 2.45) is 5.73 Å². The van der Waals surface area contributed by atoms with E-state index in [2.05, 4.69) is 25.8 Å². The highest BCUT2D eigenvalue weighted by Gasteiger charge is 2.07. The molecule has 0 saturated heterocycles. The molecule has 1 aromatic carbocycles. The zero-order chi connectivity index (χ0) is 13.8. The Hall–Kier alpha value is -1.88. The average Bonchev–Trinajstić information content (AvgIpc) is 2.39. The molecule has 4 nitrogen and oxygen atoms in total. The lowest BCUT2D eigenvalue weighted by molar-refractivity contribution is 0.917. The van der Waals surface area contributed by atoms with Gasteiger partial charge in [-0.25, -0.2) is 0 Å². The molecule has 0 bridgehead atoms. The van der Waals surface area contributed by atoms with Gasteiger partial charge in [0.15, 0.2) is 0 Å². The number of nitrogen functional groups attached to an aromatic ring is 1. The van der Waals surface area contributed by atoms with Crippen LogP contribution >= 0.6 is 15.9 Å². The predicted molar refractivity (Wildman–Crippen MR) is 81.5 cm³/mol. The minimum absolute atomic E-state index is 0.0922. The lowest BCUT2D eigenvalue weighted by Gasteiger charge is -2.20. The standard InChI is InChI=1S/C14H15BrN4/c1-19(13-5-6-18-8-12(13)15)9-10-3-2-4-11(7-10)14(16)17/h2-8H,9H2,1H3,(H3,16,17). The summed E-state index contributed by atoms with van der Waals surface area (Å²) in [5.41, 5.74) is 8.43. The van der Waals surface area contributed by atoms with Gasteiger partial charge in [0.05, 0.1) is 10.2 Å². The van der Waals surface area contributed by atoms with Gasteiger partial charge in [-0.15, -0.1) is 0 Å². The van der Waals surface area contributed by atoms with Crippen molar-refractivity contribution in [3.8, 4) is 0 Å². The Morgan fingerprint density at radius 1 is 1.42 bits per heavy atom. The number of anilines is 1. The van der Waals surface area contributed by atoms with E-state index < -0.39 is 0 Å². The number of hydrogen-bond donors (Lipinski definition) is 2. The minimum atomic E-state index is 0.0922. The van der Waals surface area contributed by atoms with Gasteiger partial charge in [0.25, 0.3) is 0 Å². The normalized spacial score (nSPS) is 10.2. The fourth-order valence-electron chi connectivity index (χ4n) is 1.87. The molecule has 2 aromatic rings. The van der Waals surface area contributed by atoms with Gasteiger partial charge < -0.3 is 10.6 Å². The number of nitrogens with zero attached hydrogens (tertiary/aromatic N) is 2. The first-order valence-electron chi connectivity index (χ1n) is 5.82. The summed E-state index contributed by atoms with van der Waals surface area (Å²) in [5, 5.41) is 7.46. The van der Waals surface area contributed by atoms with Gasteiger partial charge in [-0.2, -0.15) is 0 Å². The van der Waals surface area contributed by atoms with E-state index in [0.717, 1.165) is 27.8 Å². The Morgan fingerprint density at radius 3 is 2.89 bits per heavy atom. The third-order valence-corrected chi connectivity index (χ3v) is 3.43. The van der Waals surface area contributed by atoms with Crippen LogP contribution in [0.5, 0.6) is 0 Å². The van der Waals surface area contributed by atoms with E-state index in [1.54, 1.807) is 12.4 Å².